The Kier molecular flexibility index (Phi) is 10.6. The van der Waals surface area contributed by atoms with Gasteiger partial charge in [-0.3, -0.25) is 14.4 Å². The van der Waals surface area contributed by atoms with Crippen molar-refractivity contribution in [3.63, 3.8) is 0 Å². The minimum Gasteiger partial charge on any atom is -0.481 e. The van der Waals surface area contributed by atoms with E-state index in [2.05, 4.69) is 11.9 Å². The van der Waals surface area contributed by atoms with Crippen molar-refractivity contribution in [1.29, 1.82) is 0 Å². The normalized spacial score (nSPS) is 15.6. The van der Waals surface area contributed by atoms with Crippen LogP contribution < -0.4 is 15.0 Å². The molecular formula is C39H39N3O5. The molecular weight excluding hydrogens is 590 g/mol. The summed E-state index contributed by atoms with van der Waals surface area (Å²) in [5.74, 6) is -2.59. The first-order valence-corrected chi connectivity index (χ1v) is 15.7. The molecule has 2 amide bonds. The second-order valence-corrected chi connectivity index (χ2v) is 12.0. The number of aliphatic carboxylic acids is 1. The van der Waals surface area contributed by atoms with Gasteiger partial charge < -0.3 is 20.1 Å². The van der Waals surface area contributed by atoms with E-state index < -0.39 is 35.8 Å². The van der Waals surface area contributed by atoms with Crippen molar-refractivity contribution < 1.29 is 24.2 Å². The predicted molar refractivity (Wildman–Crippen MR) is 183 cm³/mol. The number of carbonyl (C=O) groups excluding carboxylic acids is 2. The molecule has 0 fully saturated rings. The number of nitrogens with zero attached hydrogens (tertiary/aromatic N) is 2. The van der Waals surface area contributed by atoms with Gasteiger partial charge in [-0.1, -0.05) is 98.8 Å². The number of hydrogen-bond donors (Lipinski definition) is 2. The molecule has 0 aliphatic carbocycles. The molecule has 1 aliphatic heterocycles. The number of carboxylic acids is 1. The quantitative estimate of drug-likeness (QED) is 0.152. The third-order valence-electron chi connectivity index (χ3n) is 8.04. The minimum absolute atomic E-state index is 0.0387. The zero-order valence-corrected chi connectivity index (χ0v) is 26.6. The van der Waals surface area contributed by atoms with Crippen LogP contribution in [0.5, 0.6) is 11.5 Å². The van der Waals surface area contributed by atoms with E-state index >= 15 is 0 Å². The Morgan fingerprint density at radius 3 is 2.26 bits per heavy atom. The molecule has 8 nitrogen and oxygen atoms in total. The van der Waals surface area contributed by atoms with E-state index in [0.717, 1.165) is 16.7 Å². The number of fused-ring (bicyclic) bond motifs is 1. The maximum absolute atomic E-state index is 14.5. The number of benzodiazepines with no additional fused rings is 1. The smallest absolute Gasteiger partial charge is 0.307 e. The van der Waals surface area contributed by atoms with Crippen molar-refractivity contribution in [2.75, 3.05) is 4.90 Å². The number of allylic oxidation sites excluding steroid dienone is 1. The maximum Gasteiger partial charge on any atom is 0.307 e. The zero-order valence-electron chi connectivity index (χ0n) is 26.6. The van der Waals surface area contributed by atoms with Crippen LogP contribution in [0.2, 0.25) is 0 Å². The van der Waals surface area contributed by atoms with Gasteiger partial charge in [-0.15, -0.1) is 6.58 Å². The third kappa shape index (κ3) is 8.02. The zero-order chi connectivity index (χ0) is 33.3. The van der Waals surface area contributed by atoms with E-state index in [4.69, 9.17) is 9.73 Å². The summed E-state index contributed by atoms with van der Waals surface area (Å²) < 4.78 is 6.06. The average molecular weight is 630 g/mol. The highest BCUT2D eigenvalue weighted by molar-refractivity contribution is 6.20. The Hall–Kier alpha value is -5.50. The molecule has 1 aliphatic rings. The molecule has 0 saturated heterocycles. The van der Waals surface area contributed by atoms with Gasteiger partial charge in [0.2, 0.25) is 12.1 Å². The highest BCUT2D eigenvalue weighted by Gasteiger charge is 2.38. The first kappa shape index (κ1) is 32.9. The summed E-state index contributed by atoms with van der Waals surface area (Å²) in [4.78, 5) is 47.3. The number of aliphatic imine (C=N–C) groups is 1. The van der Waals surface area contributed by atoms with Gasteiger partial charge >= 0.3 is 5.97 Å². The van der Waals surface area contributed by atoms with E-state index in [0.29, 0.717) is 29.3 Å². The molecule has 3 atom stereocenters. The van der Waals surface area contributed by atoms with Crippen LogP contribution >= 0.6 is 0 Å². The van der Waals surface area contributed by atoms with Crippen molar-refractivity contribution in [3.8, 4) is 11.5 Å². The van der Waals surface area contributed by atoms with E-state index in [1.807, 2.05) is 123 Å². The molecule has 0 spiro atoms. The van der Waals surface area contributed by atoms with Crippen LogP contribution in [0.4, 0.5) is 5.69 Å². The topological polar surface area (TPSA) is 108 Å². The number of nitrogens with one attached hydrogen (secondary N) is 1. The van der Waals surface area contributed by atoms with E-state index in [9.17, 15) is 19.5 Å². The summed E-state index contributed by atoms with van der Waals surface area (Å²) in [6, 6.07) is 34.0. The van der Waals surface area contributed by atoms with E-state index in [1.54, 1.807) is 4.90 Å². The SMILES string of the molecule is C=CCC(C(=O)O)C(CC(C)C)C(=O)NC1N=C(c2ccccc2)c2ccccc2N(Cc2cccc(Oc3ccccc3)c2)C1=O. The molecule has 8 heteroatoms. The van der Waals surface area contributed by atoms with Gasteiger partial charge in [0.15, 0.2) is 0 Å². The van der Waals surface area contributed by atoms with Crippen molar-refractivity contribution >= 4 is 29.2 Å². The van der Waals surface area contributed by atoms with Gasteiger partial charge in [-0.25, -0.2) is 4.99 Å². The lowest BCUT2D eigenvalue weighted by atomic mass is 9.82. The van der Waals surface area contributed by atoms with Gasteiger partial charge in [-0.05, 0) is 54.7 Å². The Bertz CT molecular complexity index is 1750. The number of para-hydroxylation sites is 2. The van der Waals surface area contributed by atoms with Crippen LogP contribution in [0.3, 0.4) is 0 Å². The largest absolute Gasteiger partial charge is 0.481 e. The fraction of sp³-hybridized carbons (Fsp3) is 0.231. The highest BCUT2D eigenvalue weighted by atomic mass is 16.5. The standard InChI is InChI=1S/C39H39N3O5/c1-4-14-31(39(45)46)33(23-26(2)3)37(43)41-36-38(44)42(25-27-15-13-20-30(24-27)47-29-18-9-6-10-19-29)34-22-12-11-21-32(34)35(40-36)28-16-7-5-8-17-28/h4-13,15-22,24,26,31,33,36H,1,14,23,25H2,2-3H3,(H,41,43)(H,45,46). The summed E-state index contributed by atoms with van der Waals surface area (Å²) in [7, 11) is 0. The van der Waals surface area contributed by atoms with Gasteiger partial charge in [0.25, 0.3) is 5.91 Å². The van der Waals surface area contributed by atoms with Gasteiger partial charge in [0, 0.05) is 11.1 Å². The van der Waals surface area contributed by atoms with Crippen LogP contribution in [0, 0.1) is 17.8 Å². The lowest BCUT2D eigenvalue weighted by Gasteiger charge is -2.28. The first-order valence-electron chi connectivity index (χ1n) is 15.7. The Morgan fingerprint density at radius 1 is 0.915 bits per heavy atom. The molecule has 2 N–H and O–H groups in total. The lowest BCUT2D eigenvalue weighted by molar-refractivity contribution is -0.147. The van der Waals surface area contributed by atoms with Gasteiger partial charge in [-0.2, -0.15) is 0 Å². The Labute approximate surface area is 275 Å². The summed E-state index contributed by atoms with van der Waals surface area (Å²) in [5, 5.41) is 12.9. The molecule has 4 aromatic rings. The van der Waals surface area contributed by atoms with Crippen LogP contribution in [0.1, 0.15) is 43.4 Å². The van der Waals surface area contributed by atoms with Gasteiger partial charge in [0.1, 0.15) is 11.5 Å². The van der Waals surface area contributed by atoms with Crippen LogP contribution in [-0.2, 0) is 20.9 Å². The summed E-state index contributed by atoms with van der Waals surface area (Å²) in [6.07, 6.45) is 0.651. The number of rotatable bonds is 13. The van der Waals surface area contributed by atoms with Crippen molar-refractivity contribution in [2.45, 2.75) is 39.4 Å². The third-order valence-corrected chi connectivity index (χ3v) is 8.04. The molecule has 240 valence electrons. The van der Waals surface area contributed by atoms with E-state index in [1.165, 1.54) is 6.08 Å². The number of amides is 2. The molecule has 0 radical (unpaired) electrons. The number of hydrogen-bond acceptors (Lipinski definition) is 5. The maximum atomic E-state index is 14.5. The highest BCUT2D eigenvalue weighted by Crippen LogP contribution is 2.32. The number of carboxylic acid groups (broad SMARTS) is 1. The monoisotopic (exact) mass is 629 g/mol. The fourth-order valence-electron chi connectivity index (χ4n) is 5.85. The second-order valence-electron chi connectivity index (χ2n) is 12.0. The minimum atomic E-state index is -1.30. The van der Waals surface area contributed by atoms with Gasteiger partial charge in [0.05, 0.1) is 29.8 Å². The van der Waals surface area contributed by atoms with Crippen LogP contribution in [0.15, 0.2) is 127 Å². The summed E-state index contributed by atoms with van der Waals surface area (Å²) in [5.41, 5.74) is 3.50. The molecule has 47 heavy (non-hydrogen) atoms. The second kappa shape index (κ2) is 15.2. The first-order chi connectivity index (χ1) is 22.7. The molecule has 1 heterocycles. The predicted octanol–water partition coefficient (Wildman–Crippen LogP) is 7.24. The van der Waals surface area contributed by atoms with Crippen LogP contribution in [0.25, 0.3) is 0 Å². The summed E-state index contributed by atoms with van der Waals surface area (Å²) in [6.45, 7) is 7.75. The van der Waals surface area contributed by atoms with Crippen molar-refractivity contribution in [1.82, 2.24) is 5.32 Å². The number of anilines is 1. The van der Waals surface area contributed by atoms with Crippen LogP contribution in [-0.4, -0.2) is 34.8 Å². The molecule has 0 bridgehead atoms. The Morgan fingerprint density at radius 2 is 1.57 bits per heavy atom. The molecule has 0 saturated carbocycles. The molecule has 5 rings (SSSR count). The average Bonchev–Trinajstić information content (AvgIpc) is 3.18. The van der Waals surface area contributed by atoms with Crippen molar-refractivity contribution in [2.24, 2.45) is 22.7 Å². The number of benzene rings is 4. The number of ether oxygens (including phenoxy) is 1. The van der Waals surface area contributed by atoms with E-state index in [-0.39, 0.29) is 18.9 Å². The Balaban J connectivity index is 1.55. The molecule has 4 aromatic carbocycles. The molecule has 0 aromatic heterocycles. The number of carbonyl (C=O) groups is 3. The summed E-state index contributed by atoms with van der Waals surface area (Å²) >= 11 is 0. The van der Waals surface area contributed by atoms with Crippen molar-refractivity contribution in [3.05, 3.63) is 139 Å². The fourth-order valence-corrected chi connectivity index (χ4v) is 5.85. The molecule has 3 unspecified atom stereocenters. The lowest BCUT2D eigenvalue weighted by Crippen LogP contribution is -2.50.